The number of nitrogen functional groups attached to an aromatic ring is 1. The van der Waals surface area contributed by atoms with Gasteiger partial charge in [-0.3, -0.25) is 0 Å². The van der Waals surface area contributed by atoms with Crippen molar-refractivity contribution >= 4 is 29.3 Å². The molecule has 4 rings (SSSR count). The molecular formula is C20H17FN6OS. The normalized spacial score (nSPS) is 10.8. The van der Waals surface area contributed by atoms with Crippen LogP contribution in [0.15, 0.2) is 65.3 Å². The summed E-state index contributed by atoms with van der Waals surface area (Å²) < 4.78 is 18.6. The first-order valence-corrected chi connectivity index (χ1v) is 9.92. The number of benzene rings is 2. The Hall–Kier alpha value is -3.46. The molecule has 3 N–H and O–H groups in total. The smallest absolute Gasteiger partial charge is 0.232 e. The number of nitrogens with one attached hydrogen (secondary N) is 1. The molecule has 7 nitrogen and oxygen atoms in total. The van der Waals surface area contributed by atoms with Crippen molar-refractivity contribution < 1.29 is 8.81 Å². The number of nitrogens with two attached hydrogens (primary N) is 1. The molecule has 0 radical (unpaired) electrons. The van der Waals surface area contributed by atoms with Crippen molar-refractivity contribution in [2.75, 3.05) is 11.1 Å². The van der Waals surface area contributed by atoms with Gasteiger partial charge in [-0.2, -0.15) is 15.0 Å². The van der Waals surface area contributed by atoms with Crippen molar-refractivity contribution in [3.8, 4) is 11.5 Å². The van der Waals surface area contributed by atoms with Gasteiger partial charge >= 0.3 is 0 Å². The number of aromatic nitrogens is 4. The molecular weight excluding hydrogens is 391 g/mol. The first kappa shape index (κ1) is 18.9. The van der Waals surface area contributed by atoms with Gasteiger partial charge in [0.2, 0.25) is 17.8 Å². The largest absolute Gasteiger partial charge is 0.444 e. The van der Waals surface area contributed by atoms with Crippen LogP contribution in [0.4, 0.5) is 22.0 Å². The lowest BCUT2D eigenvalue weighted by atomic mass is 10.2. The van der Waals surface area contributed by atoms with Gasteiger partial charge in [-0.1, -0.05) is 18.2 Å². The van der Waals surface area contributed by atoms with E-state index in [9.17, 15) is 4.39 Å². The summed E-state index contributed by atoms with van der Waals surface area (Å²) in [5.74, 6) is 2.42. The zero-order valence-corrected chi connectivity index (χ0v) is 16.1. The van der Waals surface area contributed by atoms with Gasteiger partial charge in [-0.05, 0) is 36.4 Å². The van der Waals surface area contributed by atoms with Crippen LogP contribution in [0.25, 0.3) is 11.5 Å². The summed E-state index contributed by atoms with van der Waals surface area (Å²) in [6, 6.07) is 15.6. The third-order valence-electron chi connectivity index (χ3n) is 3.85. The highest BCUT2D eigenvalue weighted by molar-refractivity contribution is 7.97. The third kappa shape index (κ3) is 5.08. The molecule has 4 aromatic rings. The van der Waals surface area contributed by atoms with Crippen molar-refractivity contribution in [3.05, 3.63) is 78.2 Å². The number of thioether (sulfide) groups is 1. The molecule has 0 fully saturated rings. The Kier molecular flexibility index (Phi) is 5.66. The number of rotatable bonds is 7. The zero-order valence-electron chi connectivity index (χ0n) is 15.2. The van der Waals surface area contributed by atoms with Crippen LogP contribution in [0.1, 0.15) is 11.5 Å². The number of nitrogens with zero attached hydrogens (tertiary/aromatic N) is 4. The summed E-state index contributed by atoms with van der Waals surface area (Å²) >= 11 is 1.59. The highest BCUT2D eigenvalue weighted by atomic mass is 32.2. The topological polar surface area (TPSA) is 103 Å². The minimum atomic E-state index is -0.314. The van der Waals surface area contributed by atoms with Gasteiger partial charge < -0.3 is 15.5 Å². The first-order valence-electron chi connectivity index (χ1n) is 8.76. The van der Waals surface area contributed by atoms with Crippen LogP contribution in [0.5, 0.6) is 0 Å². The molecule has 0 aliphatic carbocycles. The Morgan fingerprint density at radius 3 is 2.52 bits per heavy atom. The monoisotopic (exact) mass is 408 g/mol. The van der Waals surface area contributed by atoms with Crippen LogP contribution >= 0.6 is 11.8 Å². The maximum atomic E-state index is 13.0. The number of halogens is 1. The van der Waals surface area contributed by atoms with Crippen LogP contribution < -0.4 is 11.1 Å². The molecule has 0 unspecified atom stereocenters. The van der Waals surface area contributed by atoms with Crippen LogP contribution in [-0.2, 0) is 11.5 Å². The van der Waals surface area contributed by atoms with E-state index >= 15 is 0 Å². The van der Waals surface area contributed by atoms with Crippen molar-refractivity contribution in [1.29, 1.82) is 0 Å². The fourth-order valence-electron chi connectivity index (χ4n) is 2.55. The highest BCUT2D eigenvalue weighted by Gasteiger charge is 2.09. The maximum Gasteiger partial charge on any atom is 0.232 e. The van der Waals surface area contributed by atoms with Gasteiger partial charge in [-0.25, -0.2) is 9.37 Å². The first-order chi connectivity index (χ1) is 14.2. The van der Waals surface area contributed by atoms with E-state index in [0.29, 0.717) is 34.9 Å². The molecule has 0 atom stereocenters. The lowest BCUT2D eigenvalue weighted by molar-refractivity contribution is 0.573. The second kappa shape index (κ2) is 8.70. The molecule has 0 aliphatic rings. The molecule has 0 aliphatic heterocycles. The lowest BCUT2D eigenvalue weighted by Gasteiger charge is -2.07. The van der Waals surface area contributed by atoms with E-state index in [-0.39, 0.29) is 11.8 Å². The number of oxazole rings is 1. The molecule has 2 heterocycles. The second-order valence-electron chi connectivity index (χ2n) is 6.07. The van der Waals surface area contributed by atoms with Crippen molar-refractivity contribution in [2.45, 2.75) is 11.5 Å². The van der Waals surface area contributed by atoms with Gasteiger partial charge in [0.25, 0.3) is 0 Å². The Morgan fingerprint density at radius 1 is 0.931 bits per heavy atom. The predicted octanol–water partition coefficient (Wildman–Crippen LogP) is 4.42. The minimum Gasteiger partial charge on any atom is -0.444 e. The van der Waals surface area contributed by atoms with E-state index in [2.05, 4.69) is 25.3 Å². The van der Waals surface area contributed by atoms with Gasteiger partial charge in [0.1, 0.15) is 17.9 Å². The molecule has 0 bridgehead atoms. The number of anilines is 3. The van der Waals surface area contributed by atoms with E-state index in [4.69, 9.17) is 10.2 Å². The highest BCUT2D eigenvalue weighted by Crippen LogP contribution is 2.22. The average Bonchev–Trinajstić information content (AvgIpc) is 3.19. The Labute approximate surface area is 170 Å². The second-order valence-corrected chi connectivity index (χ2v) is 7.05. The van der Waals surface area contributed by atoms with Crippen molar-refractivity contribution in [1.82, 2.24) is 19.9 Å². The van der Waals surface area contributed by atoms with E-state index in [1.807, 2.05) is 30.3 Å². The molecule has 0 amide bonds. The number of hydrogen-bond donors (Lipinski definition) is 2. The predicted molar refractivity (Wildman–Crippen MR) is 111 cm³/mol. The SMILES string of the molecule is Nc1nc(CSCc2coc(-c3ccccc3)n2)nc(Nc2ccc(F)cc2)n1. The quantitative estimate of drug-likeness (QED) is 0.463. The van der Waals surface area contributed by atoms with Gasteiger partial charge in [0.15, 0.2) is 0 Å². The minimum absolute atomic E-state index is 0.119. The molecule has 9 heteroatoms. The Balaban J connectivity index is 1.37. The third-order valence-corrected chi connectivity index (χ3v) is 4.82. The Morgan fingerprint density at radius 2 is 1.72 bits per heavy atom. The van der Waals surface area contributed by atoms with Crippen molar-refractivity contribution in [2.24, 2.45) is 0 Å². The summed E-state index contributed by atoms with van der Waals surface area (Å²) in [4.78, 5) is 17.1. The summed E-state index contributed by atoms with van der Waals surface area (Å²) in [7, 11) is 0. The fourth-order valence-corrected chi connectivity index (χ4v) is 3.31. The van der Waals surface area contributed by atoms with Gasteiger partial charge in [0, 0.05) is 17.0 Å². The standard InChI is InChI=1S/C20H17FN6OS/c21-14-6-8-15(9-7-14)24-20-26-17(25-19(22)27-20)12-29-11-16-10-28-18(23-16)13-4-2-1-3-5-13/h1-10H,11-12H2,(H3,22,24,25,26,27). The molecule has 2 aromatic heterocycles. The fraction of sp³-hybridized carbons (Fsp3) is 0.100. The molecule has 146 valence electrons. The van der Waals surface area contributed by atoms with E-state index in [1.54, 1.807) is 30.2 Å². The van der Waals surface area contributed by atoms with Gasteiger partial charge in [-0.15, -0.1) is 11.8 Å². The summed E-state index contributed by atoms with van der Waals surface area (Å²) in [6.07, 6.45) is 1.65. The summed E-state index contributed by atoms with van der Waals surface area (Å²) in [5.41, 5.74) is 8.22. The zero-order chi connectivity index (χ0) is 20.1. The molecule has 0 spiro atoms. The summed E-state index contributed by atoms with van der Waals surface area (Å²) in [5, 5.41) is 3.00. The van der Waals surface area contributed by atoms with Crippen LogP contribution in [-0.4, -0.2) is 19.9 Å². The Bertz CT molecular complexity index is 1090. The van der Waals surface area contributed by atoms with Gasteiger partial charge in [0.05, 0.1) is 11.4 Å². The maximum absolute atomic E-state index is 13.0. The molecule has 0 saturated carbocycles. The van der Waals surface area contributed by atoms with Crippen molar-refractivity contribution in [3.63, 3.8) is 0 Å². The molecule has 0 saturated heterocycles. The average molecular weight is 408 g/mol. The molecule has 2 aromatic carbocycles. The summed E-state index contributed by atoms with van der Waals surface area (Å²) in [6.45, 7) is 0. The lowest BCUT2D eigenvalue weighted by Crippen LogP contribution is -2.06. The van der Waals surface area contributed by atoms with Crippen LogP contribution in [0, 0.1) is 5.82 Å². The van der Waals surface area contributed by atoms with E-state index in [1.165, 1.54) is 12.1 Å². The molecule has 29 heavy (non-hydrogen) atoms. The number of hydrogen-bond acceptors (Lipinski definition) is 8. The van der Waals surface area contributed by atoms with Crippen LogP contribution in [0.3, 0.4) is 0 Å². The van der Waals surface area contributed by atoms with E-state index in [0.717, 1.165) is 11.3 Å². The van der Waals surface area contributed by atoms with E-state index < -0.39 is 0 Å². The van der Waals surface area contributed by atoms with Crippen LogP contribution in [0.2, 0.25) is 0 Å².